The zero-order valence-electron chi connectivity index (χ0n) is 10.7. The first-order valence-electron chi connectivity index (χ1n) is 6.03. The Bertz CT molecular complexity index is 391. The van der Waals surface area contributed by atoms with E-state index in [4.69, 9.17) is 9.47 Å². The van der Waals surface area contributed by atoms with Gasteiger partial charge < -0.3 is 14.6 Å². The molecular weight excluding hydrogens is 261 g/mol. The van der Waals surface area contributed by atoms with Crippen molar-refractivity contribution in [1.82, 2.24) is 0 Å². The Balaban J connectivity index is 2.64. The number of hydrogen-bond donors (Lipinski definition) is 1. The highest BCUT2D eigenvalue weighted by Gasteiger charge is 2.26. The van der Waals surface area contributed by atoms with Crippen molar-refractivity contribution < 1.29 is 27.8 Å². The number of benzene rings is 1. The second kappa shape index (κ2) is 7.23. The summed E-state index contributed by atoms with van der Waals surface area (Å²) in [4.78, 5) is 0. The molecule has 0 aliphatic rings. The van der Waals surface area contributed by atoms with Crippen molar-refractivity contribution in [2.24, 2.45) is 0 Å². The highest BCUT2D eigenvalue weighted by molar-refractivity contribution is 5.46. The normalized spacial score (nSPS) is 11.4. The highest BCUT2D eigenvalue weighted by atomic mass is 19.4. The van der Waals surface area contributed by atoms with Crippen LogP contribution in [0, 0.1) is 0 Å². The minimum absolute atomic E-state index is 0.0728. The summed E-state index contributed by atoms with van der Waals surface area (Å²) in [5, 5.41) is 9.18. The molecule has 0 aliphatic heterocycles. The fraction of sp³-hybridized carbons (Fsp3) is 0.538. The zero-order chi connectivity index (χ0) is 14.3. The smallest absolute Gasteiger partial charge is 0.389 e. The summed E-state index contributed by atoms with van der Waals surface area (Å²) in [6.07, 6.45) is -5.20. The van der Waals surface area contributed by atoms with Crippen LogP contribution in [0.3, 0.4) is 0 Å². The predicted octanol–water partition coefficient (Wildman–Crippen LogP) is 3.30. The molecule has 19 heavy (non-hydrogen) atoms. The molecule has 0 unspecified atom stereocenters. The molecule has 0 aliphatic carbocycles. The van der Waals surface area contributed by atoms with Crippen LogP contribution in [0.2, 0.25) is 0 Å². The molecular formula is C13H17F3O3. The maximum Gasteiger partial charge on any atom is 0.389 e. The number of halogens is 3. The summed E-state index contributed by atoms with van der Waals surface area (Å²) in [6.45, 7) is 1.87. The SMILES string of the molecule is CCOc1cccc(CO)c1OCCCC(F)(F)F. The Morgan fingerprint density at radius 2 is 1.95 bits per heavy atom. The van der Waals surface area contributed by atoms with Crippen LogP contribution in [0.4, 0.5) is 13.2 Å². The van der Waals surface area contributed by atoms with Gasteiger partial charge in [-0.05, 0) is 19.4 Å². The molecule has 3 nitrogen and oxygen atoms in total. The van der Waals surface area contributed by atoms with Gasteiger partial charge in [-0.25, -0.2) is 0 Å². The van der Waals surface area contributed by atoms with E-state index in [1.807, 2.05) is 0 Å². The van der Waals surface area contributed by atoms with Crippen LogP contribution >= 0.6 is 0 Å². The molecule has 0 heterocycles. The van der Waals surface area contributed by atoms with Crippen molar-refractivity contribution in [1.29, 1.82) is 0 Å². The summed E-state index contributed by atoms with van der Waals surface area (Å²) in [5.41, 5.74) is 0.498. The van der Waals surface area contributed by atoms with E-state index in [0.29, 0.717) is 23.7 Å². The van der Waals surface area contributed by atoms with Crippen molar-refractivity contribution in [3.05, 3.63) is 23.8 Å². The van der Waals surface area contributed by atoms with Gasteiger partial charge in [0, 0.05) is 12.0 Å². The van der Waals surface area contributed by atoms with Crippen LogP contribution < -0.4 is 9.47 Å². The van der Waals surface area contributed by atoms with Gasteiger partial charge in [-0.2, -0.15) is 13.2 Å². The lowest BCUT2D eigenvalue weighted by Gasteiger charge is -2.15. The number of hydrogen-bond acceptors (Lipinski definition) is 3. The van der Waals surface area contributed by atoms with E-state index in [1.165, 1.54) is 0 Å². The molecule has 1 rings (SSSR count). The Hall–Kier alpha value is -1.43. The van der Waals surface area contributed by atoms with Crippen molar-refractivity contribution >= 4 is 0 Å². The van der Waals surface area contributed by atoms with E-state index in [0.717, 1.165) is 0 Å². The van der Waals surface area contributed by atoms with Gasteiger partial charge >= 0.3 is 6.18 Å². The van der Waals surface area contributed by atoms with E-state index >= 15 is 0 Å². The number of aliphatic hydroxyl groups is 1. The molecule has 0 saturated heterocycles. The van der Waals surface area contributed by atoms with E-state index < -0.39 is 12.6 Å². The largest absolute Gasteiger partial charge is 0.490 e. The Kier molecular flexibility index (Phi) is 5.95. The Morgan fingerprint density at radius 1 is 1.21 bits per heavy atom. The monoisotopic (exact) mass is 278 g/mol. The number of alkyl halides is 3. The minimum atomic E-state index is -4.18. The summed E-state index contributed by atoms with van der Waals surface area (Å²) < 4.78 is 46.7. The topological polar surface area (TPSA) is 38.7 Å². The molecule has 1 N–H and O–H groups in total. The maximum atomic E-state index is 12.0. The molecule has 0 atom stereocenters. The summed E-state index contributed by atoms with van der Waals surface area (Å²) >= 11 is 0. The lowest BCUT2D eigenvalue weighted by atomic mass is 10.2. The van der Waals surface area contributed by atoms with Crippen LogP contribution in [0.1, 0.15) is 25.3 Å². The van der Waals surface area contributed by atoms with E-state index in [2.05, 4.69) is 0 Å². The van der Waals surface area contributed by atoms with Crippen molar-refractivity contribution in [2.45, 2.75) is 32.5 Å². The fourth-order valence-corrected chi connectivity index (χ4v) is 1.57. The third kappa shape index (κ3) is 5.38. The van der Waals surface area contributed by atoms with Gasteiger partial charge in [-0.3, -0.25) is 0 Å². The standard InChI is InChI=1S/C13H17F3O3/c1-2-18-11-6-3-5-10(9-17)12(11)19-8-4-7-13(14,15)16/h3,5-6,17H,2,4,7-9H2,1H3. The number of para-hydroxylation sites is 1. The molecule has 0 radical (unpaired) electrons. The Labute approximate surface area is 110 Å². The van der Waals surface area contributed by atoms with Crippen molar-refractivity contribution in [3.63, 3.8) is 0 Å². The molecule has 0 saturated carbocycles. The van der Waals surface area contributed by atoms with Crippen LogP contribution in [0.15, 0.2) is 18.2 Å². The van der Waals surface area contributed by atoms with Gasteiger partial charge in [0.25, 0.3) is 0 Å². The third-order valence-corrected chi connectivity index (χ3v) is 2.38. The molecule has 1 aromatic carbocycles. The lowest BCUT2D eigenvalue weighted by molar-refractivity contribution is -0.136. The quantitative estimate of drug-likeness (QED) is 0.778. The first-order chi connectivity index (χ1) is 8.98. The molecule has 0 amide bonds. The maximum absolute atomic E-state index is 12.0. The highest BCUT2D eigenvalue weighted by Crippen LogP contribution is 2.32. The lowest BCUT2D eigenvalue weighted by Crippen LogP contribution is -2.10. The van der Waals surface area contributed by atoms with Gasteiger partial charge in [-0.1, -0.05) is 12.1 Å². The van der Waals surface area contributed by atoms with Gasteiger partial charge in [0.2, 0.25) is 0 Å². The number of rotatable bonds is 7. The molecule has 0 bridgehead atoms. The minimum Gasteiger partial charge on any atom is -0.490 e. The summed E-state index contributed by atoms with van der Waals surface area (Å²) in [6, 6.07) is 4.99. The predicted molar refractivity (Wildman–Crippen MR) is 64.3 cm³/mol. The second-order valence-electron chi connectivity index (χ2n) is 3.90. The first kappa shape index (κ1) is 15.6. The molecule has 108 valence electrons. The Morgan fingerprint density at radius 3 is 2.53 bits per heavy atom. The summed E-state index contributed by atoms with van der Waals surface area (Å²) in [7, 11) is 0. The van der Waals surface area contributed by atoms with Gasteiger partial charge in [0.1, 0.15) is 0 Å². The van der Waals surface area contributed by atoms with Crippen molar-refractivity contribution in [2.75, 3.05) is 13.2 Å². The van der Waals surface area contributed by atoms with Gasteiger partial charge in [0.05, 0.1) is 19.8 Å². The number of aliphatic hydroxyl groups excluding tert-OH is 1. The molecule has 0 fully saturated rings. The molecule has 0 aromatic heterocycles. The van der Waals surface area contributed by atoms with Crippen LogP contribution in [-0.2, 0) is 6.61 Å². The first-order valence-corrected chi connectivity index (χ1v) is 6.03. The van der Waals surface area contributed by atoms with Gasteiger partial charge in [0.15, 0.2) is 11.5 Å². The van der Waals surface area contributed by atoms with Crippen LogP contribution in [-0.4, -0.2) is 24.5 Å². The summed E-state index contributed by atoms with van der Waals surface area (Å²) in [5.74, 6) is 0.745. The zero-order valence-corrected chi connectivity index (χ0v) is 10.7. The van der Waals surface area contributed by atoms with Crippen LogP contribution in [0.5, 0.6) is 11.5 Å². The van der Waals surface area contributed by atoms with E-state index in [-0.39, 0.29) is 19.6 Å². The average molecular weight is 278 g/mol. The van der Waals surface area contributed by atoms with Crippen molar-refractivity contribution in [3.8, 4) is 11.5 Å². The van der Waals surface area contributed by atoms with E-state index in [9.17, 15) is 18.3 Å². The van der Waals surface area contributed by atoms with Gasteiger partial charge in [-0.15, -0.1) is 0 Å². The third-order valence-electron chi connectivity index (χ3n) is 2.38. The second-order valence-corrected chi connectivity index (χ2v) is 3.90. The average Bonchev–Trinajstić information content (AvgIpc) is 2.35. The number of ether oxygens (including phenoxy) is 2. The van der Waals surface area contributed by atoms with E-state index in [1.54, 1.807) is 25.1 Å². The molecule has 0 spiro atoms. The van der Waals surface area contributed by atoms with Crippen LogP contribution in [0.25, 0.3) is 0 Å². The molecule has 6 heteroatoms. The molecule has 1 aromatic rings. The fourth-order valence-electron chi connectivity index (χ4n) is 1.57.